The predicted octanol–water partition coefficient (Wildman–Crippen LogP) is 3.25. The van der Waals surface area contributed by atoms with Crippen molar-refractivity contribution in [3.05, 3.63) is 34.7 Å². The van der Waals surface area contributed by atoms with Crippen LogP contribution in [0.15, 0.2) is 29.0 Å². The molecule has 0 aliphatic carbocycles. The van der Waals surface area contributed by atoms with Gasteiger partial charge in [-0.25, -0.2) is 4.98 Å². The van der Waals surface area contributed by atoms with Crippen LogP contribution in [0.1, 0.15) is 19.5 Å². The number of hydrogen-bond acceptors (Lipinski definition) is 3. The minimum atomic E-state index is -0.901. The van der Waals surface area contributed by atoms with Crippen LogP contribution >= 0.6 is 15.9 Å². The van der Waals surface area contributed by atoms with Crippen LogP contribution < -0.4 is 4.74 Å². The molecule has 0 amide bonds. The number of rotatable bonds is 5. The first-order chi connectivity index (χ1) is 9.45. The molecule has 2 N–H and O–H groups in total. The van der Waals surface area contributed by atoms with Crippen molar-refractivity contribution in [2.24, 2.45) is 0 Å². The van der Waals surface area contributed by atoms with Crippen LogP contribution in [0.5, 0.6) is 5.75 Å². The number of nitrogens with one attached hydrogen (secondary N) is 1. The van der Waals surface area contributed by atoms with E-state index < -0.39 is 5.97 Å². The van der Waals surface area contributed by atoms with Gasteiger partial charge in [0.15, 0.2) is 4.73 Å². The number of imidazole rings is 1. The zero-order chi connectivity index (χ0) is 14.7. The monoisotopic (exact) mass is 338 g/mol. The van der Waals surface area contributed by atoms with Gasteiger partial charge in [0.2, 0.25) is 0 Å². The van der Waals surface area contributed by atoms with Crippen molar-refractivity contribution >= 4 is 21.9 Å². The van der Waals surface area contributed by atoms with Crippen LogP contribution in [-0.2, 0) is 11.2 Å². The molecular formula is C14H15BrN2O3. The number of hydrogen-bond donors (Lipinski definition) is 2. The molecule has 0 aliphatic heterocycles. The highest BCUT2D eigenvalue weighted by Gasteiger charge is 2.14. The van der Waals surface area contributed by atoms with Gasteiger partial charge < -0.3 is 14.8 Å². The molecule has 0 aliphatic rings. The molecule has 0 bridgehead atoms. The van der Waals surface area contributed by atoms with Crippen LogP contribution in [0.25, 0.3) is 11.3 Å². The largest absolute Gasteiger partial charge is 0.491 e. The summed E-state index contributed by atoms with van der Waals surface area (Å²) in [6.07, 6.45) is 0.0148. The molecule has 0 saturated carbocycles. The number of carbonyl (C=O) groups is 1. The fraction of sp³-hybridized carbons (Fsp3) is 0.286. The van der Waals surface area contributed by atoms with Gasteiger partial charge in [0.1, 0.15) is 5.75 Å². The third-order valence-electron chi connectivity index (χ3n) is 2.58. The highest BCUT2D eigenvalue weighted by Crippen LogP contribution is 2.26. The molecule has 0 spiro atoms. The van der Waals surface area contributed by atoms with Gasteiger partial charge in [-0.1, -0.05) is 0 Å². The average Bonchev–Trinajstić information content (AvgIpc) is 2.69. The Balaban J connectivity index is 2.29. The van der Waals surface area contributed by atoms with E-state index in [0.29, 0.717) is 16.1 Å². The van der Waals surface area contributed by atoms with Gasteiger partial charge in [-0.3, -0.25) is 4.79 Å². The lowest BCUT2D eigenvalue weighted by atomic mass is 10.1. The topological polar surface area (TPSA) is 75.2 Å². The number of aliphatic carboxylic acids is 1. The Morgan fingerprint density at radius 2 is 2.05 bits per heavy atom. The molecule has 2 aromatic rings. The van der Waals surface area contributed by atoms with Gasteiger partial charge in [-0.05, 0) is 54.0 Å². The minimum Gasteiger partial charge on any atom is -0.491 e. The lowest BCUT2D eigenvalue weighted by Gasteiger charge is -2.09. The number of H-pyrrole nitrogens is 1. The molecule has 1 heterocycles. The van der Waals surface area contributed by atoms with E-state index in [4.69, 9.17) is 9.84 Å². The van der Waals surface area contributed by atoms with E-state index in [1.807, 2.05) is 38.1 Å². The van der Waals surface area contributed by atoms with Crippen molar-refractivity contribution in [3.63, 3.8) is 0 Å². The van der Waals surface area contributed by atoms with E-state index in [-0.39, 0.29) is 12.5 Å². The molecule has 1 aromatic heterocycles. The summed E-state index contributed by atoms with van der Waals surface area (Å²) in [6.45, 7) is 3.92. The first-order valence-electron chi connectivity index (χ1n) is 6.19. The summed E-state index contributed by atoms with van der Waals surface area (Å²) in [5, 5.41) is 8.91. The van der Waals surface area contributed by atoms with Crippen LogP contribution in [0.2, 0.25) is 0 Å². The zero-order valence-corrected chi connectivity index (χ0v) is 12.8. The number of ether oxygens (including phenoxy) is 1. The number of aromatic amines is 1. The molecular weight excluding hydrogens is 324 g/mol. The van der Waals surface area contributed by atoms with E-state index in [0.717, 1.165) is 11.3 Å². The molecule has 6 heteroatoms. The third-order valence-corrected chi connectivity index (χ3v) is 2.95. The standard InChI is InChI=1S/C14H15BrN2O3/c1-8(2)20-10-5-3-9(4-6-10)13-11(7-12(18)19)16-14(15)17-13/h3-6,8H,7H2,1-2H3,(H,16,17)(H,18,19). The molecule has 20 heavy (non-hydrogen) atoms. The summed E-state index contributed by atoms with van der Waals surface area (Å²) in [7, 11) is 0. The molecule has 5 nitrogen and oxygen atoms in total. The highest BCUT2D eigenvalue weighted by atomic mass is 79.9. The second-order valence-corrected chi connectivity index (χ2v) is 5.37. The Labute approximate surface area is 125 Å². The number of nitrogens with zero attached hydrogens (tertiary/aromatic N) is 1. The molecule has 2 rings (SSSR count). The Morgan fingerprint density at radius 3 is 2.60 bits per heavy atom. The van der Waals surface area contributed by atoms with Gasteiger partial charge in [0.05, 0.1) is 23.9 Å². The molecule has 0 atom stereocenters. The Morgan fingerprint density at radius 1 is 1.40 bits per heavy atom. The summed E-state index contributed by atoms with van der Waals surface area (Å²) in [5.74, 6) is -0.125. The van der Waals surface area contributed by atoms with E-state index in [2.05, 4.69) is 25.9 Å². The van der Waals surface area contributed by atoms with E-state index in [1.54, 1.807) is 0 Å². The SMILES string of the molecule is CC(C)Oc1ccc(-c2nc(Br)[nH]c2CC(=O)O)cc1. The van der Waals surface area contributed by atoms with Crippen LogP contribution in [-0.4, -0.2) is 27.1 Å². The van der Waals surface area contributed by atoms with Crippen molar-refractivity contribution in [2.75, 3.05) is 0 Å². The molecule has 0 radical (unpaired) electrons. The number of aromatic nitrogens is 2. The fourth-order valence-corrected chi connectivity index (χ4v) is 2.28. The molecule has 106 valence electrons. The van der Waals surface area contributed by atoms with E-state index in [1.165, 1.54) is 0 Å². The summed E-state index contributed by atoms with van der Waals surface area (Å²) >= 11 is 3.23. The predicted molar refractivity (Wildman–Crippen MR) is 78.8 cm³/mol. The normalized spacial score (nSPS) is 10.8. The second kappa shape index (κ2) is 6.09. The summed E-state index contributed by atoms with van der Waals surface area (Å²) in [5.41, 5.74) is 2.05. The van der Waals surface area contributed by atoms with E-state index >= 15 is 0 Å². The first kappa shape index (κ1) is 14.6. The minimum absolute atomic E-state index is 0.0990. The van der Waals surface area contributed by atoms with Crippen LogP contribution in [0.3, 0.4) is 0 Å². The molecule has 0 unspecified atom stereocenters. The lowest BCUT2D eigenvalue weighted by Crippen LogP contribution is -2.05. The average molecular weight is 339 g/mol. The number of benzene rings is 1. The van der Waals surface area contributed by atoms with Crippen LogP contribution in [0.4, 0.5) is 0 Å². The summed E-state index contributed by atoms with van der Waals surface area (Å²) < 4.78 is 6.09. The van der Waals surface area contributed by atoms with Crippen molar-refractivity contribution in [2.45, 2.75) is 26.4 Å². The maximum Gasteiger partial charge on any atom is 0.309 e. The molecule has 0 fully saturated rings. The summed E-state index contributed by atoms with van der Waals surface area (Å²) in [6, 6.07) is 7.43. The second-order valence-electron chi connectivity index (χ2n) is 4.62. The van der Waals surface area contributed by atoms with Crippen molar-refractivity contribution in [3.8, 4) is 17.0 Å². The van der Waals surface area contributed by atoms with Gasteiger partial charge in [0.25, 0.3) is 0 Å². The van der Waals surface area contributed by atoms with Gasteiger partial charge in [-0.15, -0.1) is 0 Å². The smallest absolute Gasteiger partial charge is 0.309 e. The fourth-order valence-electron chi connectivity index (χ4n) is 1.86. The maximum atomic E-state index is 10.9. The Bertz CT molecular complexity index is 605. The molecule has 0 saturated heterocycles. The Hall–Kier alpha value is -1.82. The van der Waals surface area contributed by atoms with Crippen molar-refractivity contribution in [1.29, 1.82) is 0 Å². The number of halogens is 1. The number of carboxylic acids is 1. The third kappa shape index (κ3) is 3.60. The van der Waals surface area contributed by atoms with Gasteiger partial charge in [-0.2, -0.15) is 0 Å². The first-order valence-corrected chi connectivity index (χ1v) is 6.98. The lowest BCUT2D eigenvalue weighted by molar-refractivity contribution is -0.136. The van der Waals surface area contributed by atoms with Gasteiger partial charge >= 0.3 is 5.97 Å². The highest BCUT2D eigenvalue weighted by molar-refractivity contribution is 9.10. The Kier molecular flexibility index (Phi) is 4.44. The quantitative estimate of drug-likeness (QED) is 0.877. The van der Waals surface area contributed by atoms with Crippen LogP contribution in [0, 0.1) is 0 Å². The van der Waals surface area contributed by atoms with E-state index in [9.17, 15) is 4.79 Å². The van der Waals surface area contributed by atoms with Crippen molar-refractivity contribution < 1.29 is 14.6 Å². The number of carboxylic acid groups (broad SMARTS) is 1. The zero-order valence-electron chi connectivity index (χ0n) is 11.2. The van der Waals surface area contributed by atoms with Crippen molar-refractivity contribution in [1.82, 2.24) is 9.97 Å². The maximum absolute atomic E-state index is 10.9. The molecule has 1 aromatic carbocycles. The summed E-state index contributed by atoms with van der Waals surface area (Å²) in [4.78, 5) is 18.1. The van der Waals surface area contributed by atoms with Gasteiger partial charge in [0, 0.05) is 5.56 Å².